The number of nitrogens with zero attached hydrogens (tertiary/aromatic N) is 2. The molecule has 2 aliphatic rings. The van der Waals surface area contributed by atoms with Gasteiger partial charge in [-0.15, -0.1) is 11.8 Å². The van der Waals surface area contributed by atoms with E-state index in [1.807, 2.05) is 0 Å². The third-order valence-corrected chi connectivity index (χ3v) is 7.17. The molecular formula is C22H23Cl2N3O8S2. The SMILES string of the molecule is CC(=O)OCC1=C(C(=O)OC(C)(C)C)N2C(=O)[C@@H](NC(=O)C(=NOC(=O)C(Cl)Cl)c3ccsc3)[C@@H]2SC1. The molecule has 1 fully saturated rings. The highest BCUT2D eigenvalue weighted by Crippen LogP contribution is 2.41. The van der Waals surface area contributed by atoms with Gasteiger partial charge in [-0.05, 0) is 32.2 Å². The van der Waals surface area contributed by atoms with Gasteiger partial charge in [0.25, 0.3) is 11.8 Å². The molecule has 200 valence electrons. The van der Waals surface area contributed by atoms with Crippen LogP contribution < -0.4 is 5.32 Å². The van der Waals surface area contributed by atoms with E-state index in [0.29, 0.717) is 11.1 Å². The Morgan fingerprint density at radius 3 is 2.54 bits per heavy atom. The Hall–Kier alpha value is -2.61. The first-order valence-electron chi connectivity index (χ1n) is 10.7. The number of fused-ring (bicyclic) bond motifs is 1. The van der Waals surface area contributed by atoms with Crippen LogP contribution in [0.15, 0.2) is 33.3 Å². The van der Waals surface area contributed by atoms with Gasteiger partial charge in [0.05, 0.1) is 0 Å². The van der Waals surface area contributed by atoms with Crippen molar-refractivity contribution in [3.8, 4) is 0 Å². The summed E-state index contributed by atoms with van der Waals surface area (Å²) in [5, 5.41) is 8.82. The van der Waals surface area contributed by atoms with Gasteiger partial charge in [-0.1, -0.05) is 28.4 Å². The van der Waals surface area contributed by atoms with Crippen molar-refractivity contribution in [3.05, 3.63) is 33.7 Å². The van der Waals surface area contributed by atoms with Crippen molar-refractivity contribution >= 4 is 81.7 Å². The number of carbonyl (C=O) groups is 5. The summed E-state index contributed by atoms with van der Waals surface area (Å²) in [6.45, 7) is 6.09. The molecule has 0 spiro atoms. The van der Waals surface area contributed by atoms with Gasteiger partial charge in [-0.3, -0.25) is 19.3 Å². The lowest BCUT2D eigenvalue weighted by molar-refractivity contribution is -0.159. The molecule has 2 atom stereocenters. The number of thioether (sulfide) groups is 1. The number of thiophene rings is 1. The molecule has 0 unspecified atom stereocenters. The number of nitrogens with one attached hydrogen (secondary N) is 1. The summed E-state index contributed by atoms with van der Waals surface area (Å²) in [5.41, 5.74) is -0.380. The average Bonchev–Trinajstić information content (AvgIpc) is 3.33. The second-order valence-corrected chi connectivity index (χ2v) is 11.7. The van der Waals surface area contributed by atoms with Crippen molar-refractivity contribution in [2.24, 2.45) is 5.16 Å². The zero-order valence-corrected chi connectivity index (χ0v) is 23.3. The van der Waals surface area contributed by atoms with E-state index in [1.54, 1.807) is 37.6 Å². The van der Waals surface area contributed by atoms with Crippen molar-refractivity contribution in [1.82, 2.24) is 10.2 Å². The topological polar surface area (TPSA) is 141 Å². The van der Waals surface area contributed by atoms with Crippen LogP contribution in [0.2, 0.25) is 0 Å². The number of amides is 2. The maximum Gasteiger partial charge on any atom is 0.367 e. The Morgan fingerprint density at radius 2 is 1.97 bits per heavy atom. The number of carbonyl (C=O) groups excluding carboxylic acids is 5. The molecule has 1 aromatic heterocycles. The van der Waals surface area contributed by atoms with Gasteiger partial charge < -0.3 is 19.6 Å². The summed E-state index contributed by atoms with van der Waals surface area (Å²) in [6, 6.07) is 0.559. The van der Waals surface area contributed by atoms with Crippen LogP contribution in [0.25, 0.3) is 0 Å². The summed E-state index contributed by atoms with van der Waals surface area (Å²) in [4.78, 5) is 66.5. The number of hydrogen-bond donors (Lipinski definition) is 1. The van der Waals surface area contributed by atoms with E-state index in [1.165, 1.54) is 34.9 Å². The van der Waals surface area contributed by atoms with Gasteiger partial charge in [0.1, 0.15) is 29.3 Å². The Bertz CT molecular complexity index is 1160. The van der Waals surface area contributed by atoms with Crippen LogP contribution >= 0.6 is 46.3 Å². The zero-order valence-electron chi connectivity index (χ0n) is 20.1. The monoisotopic (exact) mass is 591 g/mol. The molecule has 0 bridgehead atoms. The highest BCUT2D eigenvalue weighted by atomic mass is 35.5. The van der Waals surface area contributed by atoms with Gasteiger partial charge in [0, 0.05) is 29.2 Å². The third-order valence-electron chi connectivity index (χ3n) is 4.79. The summed E-state index contributed by atoms with van der Waals surface area (Å²) < 4.78 is 10.5. The number of ether oxygens (including phenoxy) is 2. The molecule has 2 amide bonds. The maximum absolute atomic E-state index is 13.2. The lowest BCUT2D eigenvalue weighted by Gasteiger charge is -2.49. The molecule has 15 heteroatoms. The highest BCUT2D eigenvalue weighted by Gasteiger charge is 2.55. The maximum atomic E-state index is 13.2. The first-order valence-corrected chi connectivity index (χ1v) is 13.6. The van der Waals surface area contributed by atoms with E-state index in [-0.39, 0.29) is 23.8 Å². The Kier molecular flexibility index (Phi) is 9.27. The largest absolute Gasteiger partial charge is 0.461 e. The Labute approximate surface area is 230 Å². The number of β-lactam (4-membered cyclic amide) rings is 1. The Balaban J connectivity index is 1.83. The van der Waals surface area contributed by atoms with Crippen LogP contribution in [0.3, 0.4) is 0 Å². The standard InChI is InChI=1S/C22H23Cl2N3O8S2/c1-10(28)33-7-12-9-37-19-14(18(30)27(19)15(12)20(31)34-22(2,3)4)25-17(29)13(11-5-6-36-8-11)26-35-21(32)16(23)24/h5-6,8,14,16,19H,7,9H2,1-4H3,(H,25,29)/t14-,19+/m1/s1. The van der Waals surface area contributed by atoms with Gasteiger partial charge in [-0.2, -0.15) is 11.3 Å². The van der Waals surface area contributed by atoms with Crippen molar-refractivity contribution in [3.63, 3.8) is 0 Å². The number of oxime groups is 1. The summed E-state index contributed by atoms with van der Waals surface area (Å²) in [7, 11) is 0. The predicted molar refractivity (Wildman–Crippen MR) is 137 cm³/mol. The van der Waals surface area contributed by atoms with E-state index in [2.05, 4.69) is 15.3 Å². The highest BCUT2D eigenvalue weighted by molar-refractivity contribution is 8.00. The molecule has 1 N–H and O–H groups in total. The minimum Gasteiger partial charge on any atom is -0.461 e. The molecule has 1 aromatic rings. The fraction of sp³-hybridized carbons (Fsp3) is 0.455. The van der Waals surface area contributed by atoms with Gasteiger partial charge in [-0.25, -0.2) is 9.59 Å². The second kappa shape index (κ2) is 11.8. The van der Waals surface area contributed by atoms with E-state index in [9.17, 15) is 24.0 Å². The number of alkyl halides is 2. The first-order chi connectivity index (χ1) is 17.3. The minimum absolute atomic E-state index is 0.0219. The zero-order chi connectivity index (χ0) is 27.5. The van der Waals surface area contributed by atoms with Gasteiger partial charge in [0.15, 0.2) is 5.71 Å². The van der Waals surface area contributed by atoms with Gasteiger partial charge in [0.2, 0.25) is 4.84 Å². The summed E-state index contributed by atoms with van der Waals surface area (Å²) >= 11 is 13.5. The van der Waals surface area contributed by atoms with E-state index in [4.69, 9.17) is 32.7 Å². The quantitative estimate of drug-likeness (QED) is 0.120. The van der Waals surface area contributed by atoms with Crippen LogP contribution in [0, 0.1) is 0 Å². The first kappa shape index (κ1) is 29.0. The normalized spacial score (nSPS) is 19.7. The van der Waals surface area contributed by atoms with E-state index >= 15 is 0 Å². The molecule has 2 aliphatic heterocycles. The molecule has 3 rings (SSSR count). The van der Waals surface area contributed by atoms with Crippen LogP contribution in [0.5, 0.6) is 0 Å². The Morgan fingerprint density at radius 1 is 1.27 bits per heavy atom. The minimum atomic E-state index is -1.50. The molecule has 37 heavy (non-hydrogen) atoms. The predicted octanol–water partition coefficient (Wildman–Crippen LogP) is 2.36. The lowest BCUT2D eigenvalue weighted by atomic mass is 10.0. The molecular weight excluding hydrogens is 569 g/mol. The fourth-order valence-electron chi connectivity index (χ4n) is 3.26. The molecule has 0 radical (unpaired) electrons. The molecule has 11 nitrogen and oxygen atoms in total. The lowest BCUT2D eigenvalue weighted by Crippen LogP contribution is -2.71. The smallest absolute Gasteiger partial charge is 0.367 e. The van der Waals surface area contributed by atoms with Crippen LogP contribution in [0.1, 0.15) is 33.3 Å². The van der Waals surface area contributed by atoms with Crippen molar-refractivity contribution in [2.45, 2.75) is 49.5 Å². The van der Waals surface area contributed by atoms with Crippen molar-refractivity contribution < 1.29 is 38.3 Å². The summed E-state index contributed by atoms with van der Waals surface area (Å²) in [6.07, 6.45) is 0. The molecule has 0 saturated carbocycles. The fourth-order valence-corrected chi connectivity index (χ4v) is 5.31. The van der Waals surface area contributed by atoms with Crippen molar-refractivity contribution in [2.75, 3.05) is 12.4 Å². The second-order valence-electron chi connectivity index (χ2n) is 8.76. The summed E-state index contributed by atoms with van der Waals surface area (Å²) in [5.74, 6) is -3.49. The molecule has 1 saturated heterocycles. The molecule has 3 heterocycles. The van der Waals surface area contributed by atoms with Crippen LogP contribution in [0.4, 0.5) is 0 Å². The van der Waals surface area contributed by atoms with E-state index in [0.717, 1.165) is 0 Å². The van der Waals surface area contributed by atoms with Gasteiger partial charge >= 0.3 is 17.9 Å². The number of halogens is 2. The van der Waals surface area contributed by atoms with Crippen LogP contribution in [-0.2, 0) is 38.3 Å². The number of hydrogen-bond acceptors (Lipinski definition) is 11. The molecule has 0 aromatic carbocycles. The molecule has 0 aliphatic carbocycles. The van der Waals surface area contributed by atoms with Crippen LogP contribution in [-0.4, -0.2) is 74.5 Å². The van der Waals surface area contributed by atoms with E-state index < -0.39 is 51.6 Å². The average molecular weight is 592 g/mol. The number of rotatable bonds is 8. The third kappa shape index (κ3) is 7.03. The number of esters is 2. The van der Waals surface area contributed by atoms with Crippen molar-refractivity contribution in [1.29, 1.82) is 0 Å².